The Kier molecular flexibility index (Phi) is 14.5. The number of rotatable bonds is 7. The summed E-state index contributed by atoms with van der Waals surface area (Å²) >= 11 is 5.73. The first-order valence-corrected chi connectivity index (χ1v) is 15.4. The molecule has 0 saturated heterocycles. The first-order chi connectivity index (χ1) is 19.3. The van der Waals surface area contributed by atoms with Crippen LogP contribution in [0, 0.1) is 18.9 Å². The molecule has 1 aromatic heterocycles. The van der Waals surface area contributed by atoms with Gasteiger partial charge in [0.25, 0.3) is 30.4 Å². The predicted octanol–water partition coefficient (Wildman–Crippen LogP) is 3.33. The van der Waals surface area contributed by atoms with E-state index in [2.05, 4.69) is 25.5 Å². The summed E-state index contributed by atoms with van der Waals surface area (Å²) in [5, 5.41) is 19.6. The molecular formula is C21H14ClF2N5Na3O10S3. The minimum absolute atomic E-state index is 0. The molecular weight excluding hydrogens is 721 g/mol. The number of nitrogens with zero attached hydrogens (tertiary/aromatic N) is 4. The van der Waals surface area contributed by atoms with Crippen molar-refractivity contribution in [1.82, 2.24) is 9.97 Å². The van der Waals surface area contributed by atoms with Crippen LogP contribution < -0.4 is 5.32 Å². The number of nitrogens with one attached hydrogen (secondary N) is 1. The molecule has 0 aliphatic carbocycles. The molecule has 1 heterocycles. The van der Waals surface area contributed by atoms with Crippen molar-refractivity contribution in [3.63, 3.8) is 0 Å². The predicted molar refractivity (Wildman–Crippen MR) is 158 cm³/mol. The van der Waals surface area contributed by atoms with Crippen LogP contribution in [0.4, 0.5) is 31.7 Å². The van der Waals surface area contributed by atoms with Crippen molar-refractivity contribution in [3.8, 4) is 5.75 Å². The van der Waals surface area contributed by atoms with Crippen LogP contribution in [0.25, 0.3) is 10.8 Å². The fraction of sp³-hybridized carbons (Fsp3) is 0.0476. The molecule has 15 nitrogen and oxygen atoms in total. The number of hydrogen-bond donors (Lipinski definition) is 5. The number of aromatic nitrogens is 2. The molecule has 3 aromatic carbocycles. The number of hydrogen-bond acceptors (Lipinski definition) is 12. The Hall–Kier alpha value is -0.920. The molecule has 0 unspecified atom stereocenters. The van der Waals surface area contributed by atoms with Gasteiger partial charge >= 0.3 is 6.08 Å². The number of phenols is 1. The van der Waals surface area contributed by atoms with E-state index >= 15 is 0 Å². The Labute approximate surface area is 325 Å². The summed E-state index contributed by atoms with van der Waals surface area (Å²) in [4.78, 5) is 3.04. The normalized spacial score (nSPS) is 11.9. The van der Waals surface area contributed by atoms with Gasteiger partial charge in [-0.1, -0.05) is 11.6 Å². The van der Waals surface area contributed by atoms with Crippen LogP contribution in [0.15, 0.2) is 61.3 Å². The van der Waals surface area contributed by atoms with Crippen LogP contribution in [0.1, 0.15) is 5.56 Å². The van der Waals surface area contributed by atoms with Crippen LogP contribution in [-0.4, -0.2) is 143 Å². The van der Waals surface area contributed by atoms with Crippen LogP contribution >= 0.6 is 11.6 Å². The quantitative estimate of drug-likeness (QED) is 0.0602. The van der Waals surface area contributed by atoms with Gasteiger partial charge in [-0.15, -0.1) is 10.2 Å². The fourth-order valence-electron chi connectivity index (χ4n) is 3.63. The van der Waals surface area contributed by atoms with E-state index in [0.29, 0.717) is 6.07 Å². The van der Waals surface area contributed by atoms with Crippen molar-refractivity contribution in [3.05, 3.63) is 59.0 Å². The Bertz CT molecular complexity index is 2180. The molecule has 0 aliphatic heterocycles. The Morgan fingerprint density at radius 2 is 1.36 bits per heavy atom. The Morgan fingerprint density at radius 3 is 1.91 bits per heavy atom. The number of phenolic OH excluding ortho intramolecular Hbond substituents is 1. The SMILES string of the molecule is Cc1cc(S(=O)(=O)O)cc(S(=O)(=O)O)c1N=Nc1c(S(=O)(=O)O)cc2cc(Nc3nc(F)nc(F)c3Cl)ccc2c1O.[Na].[Na].[Na]. The van der Waals surface area contributed by atoms with Crippen LogP contribution in [0.5, 0.6) is 5.75 Å². The van der Waals surface area contributed by atoms with Crippen molar-refractivity contribution in [2.45, 2.75) is 21.6 Å². The summed E-state index contributed by atoms with van der Waals surface area (Å²) in [6.07, 6.45) is -1.44. The smallest absolute Gasteiger partial charge is 0.313 e. The standard InChI is InChI=1S/C21H14ClF2N5O10S3.3Na/c1-8-4-11(40(31,32)33)7-14(42(37,38)39)16(8)28-29-17-13(41(34,35)36)6-9-5-10(2-3-12(9)18(17)30)25-20-15(22)19(23)26-21(24)27-20;;;/h2-7,30H,1H3,(H,25,26,27)(H,31,32,33)(H,34,35,36)(H,37,38,39);;;. The van der Waals surface area contributed by atoms with Crippen molar-refractivity contribution < 1.29 is 52.8 Å². The van der Waals surface area contributed by atoms with E-state index in [1.54, 1.807) is 0 Å². The third-order valence-electron chi connectivity index (χ3n) is 5.44. The maximum absolute atomic E-state index is 13.7. The zero-order valence-electron chi connectivity index (χ0n) is 23.3. The summed E-state index contributed by atoms with van der Waals surface area (Å²) in [7, 11) is -15.3. The summed E-state index contributed by atoms with van der Waals surface area (Å²) in [5.41, 5.74) is -1.84. The molecule has 0 saturated carbocycles. The van der Waals surface area contributed by atoms with E-state index in [0.717, 1.165) is 19.1 Å². The van der Waals surface area contributed by atoms with Crippen molar-refractivity contribution in [2.75, 3.05) is 5.32 Å². The topological polar surface area (TPSA) is 246 Å². The van der Waals surface area contributed by atoms with Gasteiger partial charge in [-0.05, 0) is 54.3 Å². The van der Waals surface area contributed by atoms with Gasteiger partial charge in [0.05, 0.1) is 4.90 Å². The second-order valence-electron chi connectivity index (χ2n) is 8.29. The van der Waals surface area contributed by atoms with Crippen molar-refractivity contribution >= 4 is 164 Å². The van der Waals surface area contributed by atoms with Gasteiger partial charge in [-0.25, -0.2) is 0 Å². The van der Waals surface area contributed by atoms with Gasteiger partial charge in [0.1, 0.15) is 26.2 Å². The minimum Gasteiger partial charge on any atom is -0.505 e. The molecule has 0 aliphatic rings. The van der Waals surface area contributed by atoms with Crippen molar-refractivity contribution in [1.29, 1.82) is 0 Å². The average Bonchev–Trinajstić information content (AvgIpc) is 2.84. The number of halogens is 3. The van der Waals surface area contributed by atoms with Gasteiger partial charge in [0.15, 0.2) is 11.6 Å². The third-order valence-corrected chi connectivity index (χ3v) is 8.34. The maximum Gasteiger partial charge on any atom is 0.313 e. The number of aromatic hydroxyl groups is 1. The van der Waals surface area contributed by atoms with E-state index in [1.807, 2.05) is 0 Å². The fourth-order valence-corrected chi connectivity index (χ4v) is 5.80. The maximum atomic E-state index is 13.7. The molecule has 0 atom stereocenters. The molecule has 4 aromatic rings. The number of azo groups is 1. The van der Waals surface area contributed by atoms with E-state index in [1.165, 1.54) is 18.2 Å². The van der Waals surface area contributed by atoms with Gasteiger partial charge in [-0.2, -0.15) is 44.0 Å². The first kappa shape index (κ1) is 42.1. The molecule has 24 heteroatoms. The van der Waals surface area contributed by atoms with Crippen molar-refractivity contribution in [2.24, 2.45) is 10.2 Å². The number of aryl methyl sites for hydroxylation is 1. The molecule has 3 radical (unpaired) electrons. The molecule has 45 heavy (non-hydrogen) atoms. The number of benzene rings is 3. The molecule has 4 rings (SSSR count). The molecule has 0 bridgehead atoms. The monoisotopic (exact) mass is 734 g/mol. The average molecular weight is 735 g/mol. The third kappa shape index (κ3) is 9.59. The van der Waals surface area contributed by atoms with E-state index in [-0.39, 0.29) is 111 Å². The molecule has 0 spiro atoms. The van der Waals surface area contributed by atoms with Crippen LogP contribution in [0.2, 0.25) is 5.02 Å². The summed E-state index contributed by atoms with van der Waals surface area (Å²) < 4.78 is 127. The Balaban J connectivity index is 0.00000337. The van der Waals surface area contributed by atoms with E-state index in [4.69, 9.17) is 11.6 Å². The molecule has 5 N–H and O–H groups in total. The van der Waals surface area contributed by atoms with E-state index < -0.39 is 85.0 Å². The summed E-state index contributed by atoms with van der Waals surface area (Å²) in [5.74, 6) is -2.75. The number of anilines is 2. The molecule has 225 valence electrons. The first-order valence-electron chi connectivity index (χ1n) is 10.7. The van der Waals surface area contributed by atoms with E-state index in [9.17, 15) is 52.8 Å². The second kappa shape index (κ2) is 15.5. The van der Waals surface area contributed by atoms with Gasteiger partial charge in [-0.3, -0.25) is 13.7 Å². The van der Waals surface area contributed by atoms with Crippen LogP contribution in [-0.2, 0) is 30.4 Å². The largest absolute Gasteiger partial charge is 0.505 e. The van der Waals surface area contributed by atoms with Crippen LogP contribution in [0.3, 0.4) is 0 Å². The van der Waals surface area contributed by atoms with Gasteiger partial charge in [0, 0.05) is 99.7 Å². The molecule has 0 fully saturated rings. The second-order valence-corrected chi connectivity index (χ2v) is 12.9. The summed E-state index contributed by atoms with van der Waals surface area (Å²) in [6, 6.07) is 5.58. The van der Waals surface area contributed by atoms with Gasteiger partial charge < -0.3 is 10.4 Å². The summed E-state index contributed by atoms with van der Waals surface area (Å²) in [6.45, 7) is 1.12. The number of fused-ring (bicyclic) bond motifs is 1. The zero-order chi connectivity index (χ0) is 31.4. The van der Waals surface area contributed by atoms with Gasteiger partial charge in [0.2, 0.25) is 5.95 Å². The molecule has 0 amide bonds. The Morgan fingerprint density at radius 1 is 0.800 bits per heavy atom. The zero-order valence-corrected chi connectivity index (χ0v) is 32.6. The minimum atomic E-state index is -5.20.